The maximum Gasteiger partial charge on any atom is 0.245 e. The molecule has 0 N–H and O–H groups in total. The average Bonchev–Trinajstić information content (AvgIpc) is 2.15. The molecule has 2 nitrogen and oxygen atoms in total. The van der Waals surface area contributed by atoms with Gasteiger partial charge in [0.05, 0.1) is 7.11 Å². The summed E-state index contributed by atoms with van der Waals surface area (Å²) < 4.78 is 5.07. The molecule has 0 aromatic heterocycles. The number of carbonyl (C=O) groups excluding carboxylic acids is 1. The van der Waals surface area contributed by atoms with Gasteiger partial charge in [-0.1, -0.05) is 18.2 Å². The van der Waals surface area contributed by atoms with Gasteiger partial charge >= 0.3 is 0 Å². The Kier molecular flexibility index (Phi) is 3.53. The van der Waals surface area contributed by atoms with E-state index in [1.54, 1.807) is 13.2 Å². The first kappa shape index (κ1) is 9.81. The first-order chi connectivity index (χ1) is 6.24. The summed E-state index contributed by atoms with van der Waals surface area (Å²) in [6, 6.07) is 7.38. The van der Waals surface area contributed by atoms with Crippen molar-refractivity contribution in [3.05, 3.63) is 35.9 Å². The Bertz CT molecular complexity index is 331. The Morgan fingerprint density at radius 2 is 2.15 bits per heavy atom. The van der Waals surface area contributed by atoms with E-state index in [9.17, 15) is 4.79 Å². The molecule has 0 bridgehead atoms. The molecule has 1 aromatic carbocycles. The van der Waals surface area contributed by atoms with Gasteiger partial charge in [-0.2, -0.15) is 0 Å². The van der Waals surface area contributed by atoms with Crippen LogP contribution in [0.25, 0.3) is 6.08 Å². The van der Waals surface area contributed by atoms with Gasteiger partial charge in [0.2, 0.25) is 5.24 Å². The summed E-state index contributed by atoms with van der Waals surface area (Å²) in [5, 5.41) is -0.495. The van der Waals surface area contributed by atoms with Gasteiger partial charge in [-0.25, -0.2) is 0 Å². The molecule has 0 unspecified atom stereocenters. The Balaban J connectivity index is 2.93. The first-order valence-electron chi connectivity index (χ1n) is 3.74. The quantitative estimate of drug-likeness (QED) is 0.549. The van der Waals surface area contributed by atoms with E-state index in [2.05, 4.69) is 0 Å². The van der Waals surface area contributed by atoms with Crippen LogP contribution >= 0.6 is 11.6 Å². The molecular weight excluding hydrogens is 188 g/mol. The predicted molar refractivity (Wildman–Crippen MR) is 52.9 cm³/mol. The highest BCUT2D eigenvalue weighted by Gasteiger charge is 1.96. The zero-order valence-electron chi connectivity index (χ0n) is 7.16. The standard InChI is InChI=1S/C10H9ClO2/c1-13-9-5-3-2-4-8(9)6-7-10(11)12/h2-7H,1H3. The molecule has 0 saturated carbocycles. The topological polar surface area (TPSA) is 26.3 Å². The maximum absolute atomic E-state index is 10.5. The molecule has 1 rings (SSSR count). The lowest BCUT2D eigenvalue weighted by Crippen LogP contribution is -1.86. The smallest absolute Gasteiger partial charge is 0.245 e. The number of halogens is 1. The van der Waals surface area contributed by atoms with E-state index in [0.717, 1.165) is 11.3 Å². The van der Waals surface area contributed by atoms with E-state index < -0.39 is 5.24 Å². The summed E-state index contributed by atoms with van der Waals surface area (Å²) in [7, 11) is 1.58. The number of benzene rings is 1. The fraction of sp³-hybridized carbons (Fsp3) is 0.100. The molecule has 13 heavy (non-hydrogen) atoms. The van der Waals surface area contributed by atoms with Gasteiger partial charge in [-0.05, 0) is 29.8 Å². The Morgan fingerprint density at radius 1 is 1.46 bits per heavy atom. The number of allylic oxidation sites excluding steroid dienone is 1. The summed E-state index contributed by atoms with van der Waals surface area (Å²) in [5.74, 6) is 0.719. The van der Waals surface area contributed by atoms with Crippen LogP contribution in [-0.2, 0) is 4.79 Å². The van der Waals surface area contributed by atoms with Gasteiger partial charge in [0.25, 0.3) is 0 Å². The Labute approximate surface area is 81.8 Å². The van der Waals surface area contributed by atoms with E-state index in [-0.39, 0.29) is 0 Å². The second-order valence-corrected chi connectivity index (χ2v) is 2.75. The first-order valence-corrected chi connectivity index (χ1v) is 4.12. The molecule has 0 aliphatic carbocycles. The van der Waals surface area contributed by atoms with Gasteiger partial charge in [0.1, 0.15) is 5.75 Å². The van der Waals surface area contributed by atoms with Crippen molar-refractivity contribution in [2.45, 2.75) is 0 Å². The lowest BCUT2D eigenvalue weighted by molar-refractivity contribution is -0.107. The molecule has 3 heteroatoms. The van der Waals surface area contributed by atoms with Crippen molar-refractivity contribution in [2.24, 2.45) is 0 Å². The lowest BCUT2D eigenvalue weighted by Gasteiger charge is -2.02. The molecule has 0 amide bonds. The molecule has 0 atom stereocenters. The minimum atomic E-state index is -0.495. The zero-order chi connectivity index (χ0) is 9.68. The monoisotopic (exact) mass is 196 g/mol. The van der Waals surface area contributed by atoms with Crippen LogP contribution in [0.4, 0.5) is 0 Å². The minimum absolute atomic E-state index is 0.495. The van der Waals surface area contributed by atoms with Crippen molar-refractivity contribution in [1.82, 2.24) is 0 Å². The lowest BCUT2D eigenvalue weighted by atomic mass is 10.2. The molecule has 0 heterocycles. The van der Waals surface area contributed by atoms with Crippen LogP contribution in [0.1, 0.15) is 5.56 Å². The van der Waals surface area contributed by atoms with Crippen molar-refractivity contribution in [1.29, 1.82) is 0 Å². The number of hydrogen-bond donors (Lipinski definition) is 0. The van der Waals surface area contributed by atoms with Crippen LogP contribution in [0.15, 0.2) is 30.3 Å². The molecule has 0 aliphatic heterocycles. The minimum Gasteiger partial charge on any atom is -0.496 e. The van der Waals surface area contributed by atoms with Gasteiger partial charge in [0, 0.05) is 5.56 Å². The zero-order valence-corrected chi connectivity index (χ0v) is 7.91. The third-order valence-corrected chi connectivity index (χ3v) is 1.66. The molecule has 0 spiro atoms. The number of methoxy groups -OCH3 is 1. The van der Waals surface area contributed by atoms with Gasteiger partial charge in [-0.3, -0.25) is 4.79 Å². The summed E-state index contributed by atoms with van der Waals surface area (Å²) in [6.07, 6.45) is 2.91. The van der Waals surface area contributed by atoms with Crippen LogP contribution in [0.5, 0.6) is 5.75 Å². The Morgan fingerprint density at radius 3 is 2.77 bits per heavy atom. The molecule has 68 valence electrons. The summed E-state index contributed by atoms with van der Waals surface area (Å²) in [6.45, 7) is 0. The molecule has 0 saturated heterocycles. The summed E-state index contributed by atoms with van der Waals surface area (Å²) in [4.78, 5) is 10.5. The van der Waals surface area contributed by atoms with E-state index >= 15 is 0 Å². The normalized spacial score (nSPS) is 10.3. The van der Waals surface area contributed by atoms with Crippen molar-refractivity contribution < 1.29 is 9.53 Å². The third kappa shape index (κ3) is 2.92. The number of para-hydroxylation sites is 1. The fourth-order valence-electron chi connectivity index (χ4n) is 0.959. The van der Waals surface area contributed by atoms with Gasteiger partial charge < -0.3 is 4.74 Å². The second kappa shape index (κ2) is 4.67. The molecule has 0 radical (unpaired) electrons. The highest BCUT2D eigenvalue weighted by atomic mass is 35.5. The van der Waals surface area contributed by atoms with Crippen LogP contribution in [0.3, 0.4) is 0 Å². The molecule has 1 aromatic rings. The van der Waals surface area contributed by atoms with Crippen molar-refractivity contribution in [3.8, 4) is 5.75 Å². The fourth-order valence-corrected chi connectivity index (χ4v) is 1.02. The molecule has 0 aliphatic rings. The molecule has 0 fully saturated rings. The van der Waals surface area contributed by atoms with Crippen LogP contribution in [0.2, 0.25) is 0 Å². The van der Waals surface area contributed by atoms with Gasteiger partial charge in [0.15, 0.2) is 0 Å². The van der Waals surface area contributed by atoms with Crippen molar-refractivity contribution in [2.75, 3.05) is 7.11 Å². The highest BCUT2D eigenvalue weighted by Crippen LogP contribution is 2.18. The Hall–Kier alpha value is -1.28. The number of rotatable bonds is 3. The van der Waals surface area contributed by atoms with Crippen molar-refractivity contribution >= 4 is 22.9 Å². The number of carbonyl (C=O) groups is 1. The third-order valence-electron chi connectivity index (χ3n) is 1.53. The summed E-state index contributed by atoms with van der Waals surface area (Å²) >= 11 is 5.16. The highest BCUT2D eigenvalue weighted by molar-refractivity contribution is 6.66. The van der Waals surface area contributed by atoms with E-state index in [1.165, 1.54) is 6.08 Å². The van der Waals surface area contributed by atoms with E-state index in [4.69, 9.17) is 16.3 Å². The SMILES string of the molecule is COc1ccccc1C=CC(=O)Cl. The average molecular weight is 197 g/mol. The predicted octanol–water partition coefficient (Wildman–Crippen LogP) is 2.47. The second-order valence-electron chi connectivity index (χ2n) is 2.38. The number of hydrogen-bond acceptors (Lipinski definition) is 2. The summed E-state index contributed by atoms with van der Waals surface area (Å²) in [5.41, 5.74) is 0.832. The van der Waals surface area contributed by atoms with Gasteiger partial charge in [-0.15, -0.1) is 0 Å². The van der Waals surface area contributed by atoms with E-state index in [1.807, 2.05) is 24.3 Å². The number of ether oxygens (including phenoxy) is 1. The maximum atomic E-state index is 10.5. The van der Waals surface area contributed by atoms with Crippen molar-refractivity contribution in [3.63, 3.8) is 0 Å². The van der Waals surface area contributed by atoms with E-state index in [0.29, 0.717) is 0 Å². The van der Waals surface area contributed by atoms with Crippen LogP contribution in [-0.4, -0.2) is 12.4 Å². The largest absolute Gasteiger partial charge is 0.496 e. The van der Waals surface area contributed by atoms with Crippen LogP contribution in [0, 0.1) is 0 Å². The van der Waals surface area contributed by atoms with Crippen LogP contribution < -0.4 is 4.74 Å². The molecular formula is C10H9ClO2.